The topological polar surface area (TPSA) is 22.1 Å². The first-order chi connectivity index (χ1) is 7.27. The van der Waals surface area contributed by atoms with Gasteiger partial charge in [-0.1, -0.05) is 0 Å². The third-order valence-corrected chi connectivity index (χ3v) is 2.49. The van der Waals surface area contributed by atoms with E-state index in [2.05, 4.69) is 9.72 Å². The zero-order chi connectivity index (χ0) is 12.5. The van der Waals surface area contributed by atoms with E-state index >= 15 is 0 Å². The molecule has 0 fully saturated rings. The van der Waals surface area contributed by atoms with E-state index in [1.165, 1.54) is 22.6 Å². The van der Waals surface area contributed by atoms with Gasteiger partial charge >= 0.3 is 6.18 Å². The molecule has 0 atom stereocenters. The minimum atomic E-state index is -4.76. The van der Waals surface area contributed by atoms with Gasteiger partial charge < -0.3 is 4.74 Å². The fourth-order valence-electron chi connectivity index (χ4n) is 1.00. The second-order valence-electron chi connectivity index (χ2n) is 2.70. The van der Waals surface area contributed by atoms with E-state index in [9.17, 15) is 22.0 Å². The Bertz CT molecular complexity index is 393. The summed E-state index contributed by atoms with van der Waals surface area (Å²) in [5, 5.41) is 0. The fourth-order valence-corrected chi connectivity index (χ4v) is 1.71. The van der Waals surface area contributed by atoms with Crippen LogP contribution in [-0.2, 0) is 6.18 Å². The highest BCUT2D eigenvalue weighted by molar-refractivity contribution is 14.1. The predicted octanol–water partition coefficient (Wildman–Crippen LogP) is 3.65. The molecule has 1 rings (SSSR count). The number of pyridine rings is 1. The molecule has 0 saturated heterocycles. The number of halogens is 6. The van der Waals surface area contributed by atoms with E-state index < -0.39 is 24.0 Å². The number of aromatic nitrogens is 1. The summed E-state index contributed by atoms with van der Waals surface area (Å²) < 4.78 is 66.2. The van der Waals surface area contributed by atoms with Crippen molar-refractivity contribution in [3.8, 4) is 5.75 Å². The maximum atomic E-state index is 12.4. The Labute approximate surface area is 101 Å². The van der Waals surface area contributed by atoms with Crippen LogP contribution in [0.5, 0.6) is 5.75 Å². The lowest BCUT2D eigenvalue weighted by Gasteiger charge is -2.13. The molecule has 0 N–H and O–H groups in total. The molecule has 0 aromatic carbocycles. The third-order valence-electron chi connectivity index (χ3n) is 1.66. The molecule has 0 unspecified atom stereocenters. The monoisotopic (exact) mass is 353 g/mol. The van der Waals surface area contributed by atoms with Gasteiger partial charge in [0.1, 0.15) is 11.4 Å². The van der Waals surface area contributed by atoms with Crippen molar-refractivity contribution in [2.24, 2.45) is 0 Å². The van der Waals surface area contributed by atoms with Crippen LogP contribution in [-0.4, -0.2) is 12.1 Å². The summed E-state index contributed by atoms with van der Waals surface area (Å²) in [4.78, 5) is 2.91. The summed E-state index contributed by atoms with van der Waals surface area (Å²) in [5.41, 5.74) is -2.33. The van der Waals surface area contributed by atoms with Crippen molar-refractivity contribution >= 4 is 22.6 Å². The van der Waals surface area contributed by atoms with Crippen molar-refractivity contribution in [2.75, 3.05) is 7.11 Å². The number of methoxy groups -OCH3 is 1. The van der Waals surface area contributed by atoms with E-state index in [1.807, 2.05) is 0 Å². The van der Waals surface area contributed by atoms with Crippen LogP contribution in [0.15, 0.2) is 6.07 Å². The molecule has 1 heterocycles. The lowest BCUT2D eigenvalue weighted by atomic mass is 10.2. The molecule has 0 aliphatic rings. The molecule has 0 bridgehead atoms. The number of rotatable bonds is 2. The second kappa shape index (κ2) is 4.68. The van der Waals surface area contributed by atoms with Crippen molar-refractivity contribution in [3.63, 3.8) is 0 Å². The third kappa shape index (κ3) is 2.71. The van der Waals surface area contributed by atoms with Gasteiger partial charge in [0.2, 0.25) is 0 Å². The Balaban J connectivity index is 3.39. The van der Waals surface area contributed by atoms with Crippen molar-refractivity contribution < 1.29 is 26.7 Å². The van der Waals surface area contributed by atoms with Gasteiger partial charge in [-0.25, -0.2) is 13.8 Å². The standard InChI is InChI=1S/C8H5F5INO/c1-16-4-2-3(14)6(8(11,12)13)15-5(4)7(9)10/h2,7H,1H3. The maximum Gasteiger partial charge on any atom is 0.434 e. The summed E-state index contributed by atoms with van der Waals surface area (Å²) in [7, 11) is 1.09. The average molecular weight is 353 g/mol. The van der Waals surface area contributed by atoms with Crippen LogP contribution in [0.25, 0.3) is 0 Å². The molecule has 90 valence electrons. The van der Waals surface area contributed by atoms with Crippen molar-refractivity contribution in [1.29, 1.82) is 0 Å². The van der Waals surface area contributed by atoms with Crippen molar-refractivity contribution in [1.82, 2.24) is 4.98 Å². The number of nitrogens with zero attached hydrogens (tertiary/aromatic N) is 1. The highest BCUT2D eigenvalue weighted by atomic mass is 127. The second-order valence-corrected chi connectivity index (χ2v) is 3.87. The quantitative estimate of drug-likeness (QED) is 0.598. The Kier molecular flexibility index (Phi) is 3.92. The van der Waals surface area contributed by atoms with E-state index in [-0.39, 0.29) is 9.32 Å². The molecule has 0 amide bonds. The molecule has 0 aliphatic carbocycles. The fraction of sp³-hybridized carbons (Fsp3) is 0.375. The van der Waals surface area contributed by atoms with Crippen LogP contribution in [0.3, 0.4) is 0 Å². The summed E-state index contributed by atoms with van der Waals surface area (Å²) in [6.07, 6.45) is -7.88. The zero-order valence-electron chi connectivity index (χ0n) is 7.78. The van der Waals surface area contributed by atoms with E-state index in [0.29, 0.717) is 0 Å². The SMILES string of the molecule is COc1cc(I)c(C(F)(F)F)nc1C(F)F. The minimum absolute atomic E-state index is 0.286. The van der Waals surface area contributed by atoms with E-state index in [0.717, 1.165) is 13.2 Å². The maximum absolute atomic E-state index is 12.4. The van der Waals surface area contributed by atoms with Gasteiger partial charge in [0.15, 0.2) is 5.69 Å². The summed E-state index contributed by atoms with van der Waals surface area (Å²) >= 11 is 1.37. The zero-order valence-corrected chi connectivity index (χ0v) is 9.94. The van der Waals surface area contributed by atoms with Gasteiger partial charge in [-0.3, -0.25) is 0 Å². The first kappa shape index (κ1) is 13.4. The Morgan fingerprint density at radius 1 is 1.38 bits per heavy atom. The van der Waals surface area contributed by atoms with E-state index in [1.54, 1.807) is 0 Å². The van der Waals surface area contributed by atoms with Crippen LogP contribution in [0, 0.1) is 3.57 Å². The highest BCUT2D eigenvalue weighted by Crippen LogP contribution is 2.36. The van der Waals surface area contributed by atoms with Crippen molar-refractivity contribution in [2.45, 2.75) is 12.6 Å². The predicted molar refractivity (Wildman–Crippen MR) is 53.5 cm³/mol. The Morgan fingerprint density at radius 2 is 1.94 bits per heavy atom. The van der Waals surface area contributed by atoms with Gasteiger partial charge in [0, 0.05) is 3.57 Å². The molecular weight excluding hydrogens is 348 g/mol. The normalized spacial score (nSPS) is 12.0. The average Bonchev–Trinajstić information content (AvgIpc) is 2.14. The lowest BCUT2D eigenvalue weighted by molar-refractivity contribution is -0.142. The first-order valence-corrected chi connectivity index (χ1v) is 4.95. The Morgan fingerprint density at radius 3 is 2.31 bits per heavy atom. The molecular formula is C8H5F5INO. The molecule has 16 heavy (non-hydrogen) atoms. The van der Waals surface area contributed by atoms with Crippen LogP contribution in [0.4, 0.5) is 22.0 Å². The van der Waals surface area contributed by atoms with Crippen molar-refractivity contribution in [3.05, 3.63) is 21.0 Å². The van der Waals surface area contributed by atoms with Gasteiger partial charge in [0.25, 0.3) is 6.43 Å². The van der Waals surface area contributed by atoms with Gasteiger partial charge in [-0.15, -0.1) is 0 Å². The van der Waals surface area contributed by atoms with Crippen LogP contribution in [0.1, 0.15) is 17.8 Å². The largest absolute Gasteiger partial charge is 0.495 e. The molecule has 8 heteroatoms. The van der Waals surface area contributed by atoms with Crippen LogP contribution in [0.2, 0.25) is 0 Å². The smallest absolute Gasteiger partial charge is 0.434 e. The summed E-state index contributed by atoms with van der Waals surface area (Å²) in [6.45, 7) is 0. The molecule has 0 saturated carbocycles. The molecule has 1 aromatic heterocycles. The van der Waals surface area contributed by atoms with Gasteiger partial charge in [-0.2, -0.15) is 13.2 Å². The van der Waals surface area contributed by atoms with E-state index in [4.69, 9.17) is 0 Å². The summed E-state index contributed by atoms with van der Waals surface area (Å²) in [6, 6.07) is 0.887. The van der Waals surface area contributed by atoms with Gasteiger partial charge in [-0.05, 0) is 28.7 Å². The first-order valence-electron chi connectivity index (χ1n) is 3.87. The lowest BCUT2D eigenvalue weighted by Crippen LogP contribution is -2.13. The minimum Gasteiger partial charge on any atom is -0.495 e. The number of ether oxygens (including phenoxy) is 1. The molecule has 1 aromatic rings. The van der Waals surface area contributed by atoms with Gasteiger partial charge in [0.05, 0.1) is 7.11 Å². The molecule has 0 radical (unpaired) electrons. The Hall–Kier alpha value is -0.670. The summed E-state index contributed by atoms with van der Waals surface area (Å²) in [5.74, 6) is -0.354. The van der Waals surface area contributed by atoms with Crippen LogP contribution >= 0.6 is 22.6 Å². The molecule has 2 nitrogen and oxygen atoms in total. The highest BCUT2D eigenvalue weighted by Gasteiger charge is 2.37. The van der Waals surface area contributed by atoms with Crippen LogP contribution < -0.4 is 4.74 Å². The number of hydrogen-bond donors (Lipinski definition) is 0. The molecule has 0 spiro atoms. The number of alkyl halides is 5. The molecule has 0 aliphatic heterocycles. The number of hydrogen-bond acceptors (Lipinski definition) is 2.